The van der Waals surface area contributed by atoms with Crippen molar-refractivity contribution < 1.29 is 4.42 Å². The van der Waals surface area contributed by atoms with Crippen molar-refractivity contribution in [1.82, 2.24) is 15.2 Å². The molecular weight excluding hydrogens is 286 g/mol. The van der Waals surface area contributed by atoms with Crippen LogP contribution in [-0.4, -0.2) is 36.1 Å². The molecule has 0 amide bonds. The van der Waals surface area contributed by atoms with Crippen LogP contribution in [0.2, 0.25) is 5.02 Å². The molecule has 114 valence electrons. The van der Waals surface area contributed by atoms with E-state index in [4.69, 9.17) is 16.0 Å². The number of hydrogen-bond acceptors (Lipinski definition) is 4. The molecule has 4 nitrogen and oxygen atoms in total. The summed E-state index contributed by atoms with van der Waals surface area (Å²) >= 11 is 6.00. The molecular formula is C16H22ClN3O. The molecule has 0 bridgehead atoms. The van der Waals surface area contributed by atoms with E-state index in [2.05, 4.69) is 36.1 Å². The van der Waals surface area contributed by atoms with Gasteiger partial charge in [0.15, 0.2) is 5.58 Å². The smallest absolute Gasteiger partial charge is 0.215 e. The van der Waals surface area contributed by atoms with Crippen molar-refractivity contribution >= 4 is 22.7 Å². The van der Waals surface area contributed by atoms with Gasteiger partial charge in [-0.25, -0.2) is 4.98 Å². The maximum absolute atomic E-state index is 6.00. The molecule has 0 radical (unpaired) electrons. The molecule has 1 aromatic heterocycles. The third-order valence-electron chi connectivity index (χ3n) is 4.34. The Hall–Kier alpha value is -1.10. The Morgan fingerprint density at radius 2 is 2.29 bits per heavy atom. The van der Waals surface area contributed by atoms with Crippen LogP contribution in [0.4, 0.5) is 0 Å². The molecule has 1 aliphatic rings. The van der Waals surface area contributed by atoms with Crippen LogP contribution in [0.1, 0.15) is 32.6 Å². The van der Waals surface area contributed by atoms with Gasteiger partial charge in [0.1, 0.15) is 5.52 Å². The Balaban J connectivity index is 1.75. The van der Waals surface area contributed by atoms with E-state index in [0.717, 1.165) is 17.6 Å². The fraction of sp³-hybridized carbons (Fsp3) is 0.562. The van der Waals surface area contributed by atoms with Gasteiger partial charge in [-0.05, 0) is 58.5 Å². The largest absolute Gasteiger partial charge is 0.439 e. The van der Waals surface area contributed by atoms with Crippen LogP contribution in [0.15, 0.2) is 22.6 Å². The number of halogens is 1. The minimum absolute atomic E-state index is 0.297. The maximum Gasteiger partial charge on any atom is 0.215 e. The number of likely N-dealkylation sites (tertiary alicyclic amines) is 1. The number of fused-ring (bicyclic) bond motifs is 1. The first-order valence-corrected chi connectivity index (χ1v) is 7.85. The second kappa shape index (κ2) is 5.59. The summed E-state index contributed by atoms with van der Waals surface area (Å²) in [6.45, 7) is 6.35. The van der Waals surface area contributed by atoms with Gasteiger partial charge >= 0.3 is 0 Å². The minimum atomic E-state index is -0.297. The minimum Gasteiger partial charge on any atom is -0.439 e. The average molecular weight is 308 g/mol. The van der Waals surface area contributed by atoms with E-state index in [1.165, 1.54) is 19.4 Å². The number of likely N-dealkylation sites (N-methyl/N-ethyl adjacent to an activating group) is 1. The van der Waals surface area contributed by atoms with Gasteiger partial charge in [0.2, 0.25) is 5.89 Å². The van der Waals surface area contributed by atoms with Crippen molar-refractivity contribution in [2.45, 2.75) is 38.3 Å². The molecule has 1 fully saturated rings. The summed E-state index contributed by atoms with van der Waals surface area (Å²) in [5.74, 6) is 0.709. The highest BCUT2D eigenvalue weighted by Gasteiger charge is 2.29. The lowest BCUT2D eigenvalue weighted by molar-refractivity contribution is 0.250. The Morgan fingerprint density at radius 3 is 3.00 bits per heavy atom. The normalized spacial score (nSPS) is 20.5. The first kappa shape index (κ1) is 14.8. The number of rotatable bonds is 4. The van der Waals surface area contributed by atoms with Gasteiger partial charge in [-0.1, -0.05) is 11.6 Å². The third-order valence-corrected chi connectivity index (χ3v) is 4.57. The number of oxazole rings is 1. The molecule has 1 atom stereocenters. The van der Waals surface area contributed by atoms with E-state index in [-0.39, 0.29) is 5.54 Å². The fourth-order valence-electron chi connectivity index (χ4n) is 2.85. The molecule has 0 spiro atoms. The van der Waals surface area contributed by atoms with E-state index in [1.807, 2.05) is 18.2 Å². The maximum atomic E-state index is 6.00. The van der Waals surface area contributed by atoms with Crippen LogP contribution < -0.4 is 5.32 Å². The molecule has 0 unspecified atom stereocenters. The van der Waals surface area contributed by atoms with Crippen molar-refractivity contribution in [2.75, 3.05) is 20.1 Å². The number of nitrogens with one attached hydrogen (secondary N) is 1. The van der Waals surface area contributed by atoms with Crippen LogP contribution >= 0.6 is 11.6 Å². The quantitative estimate of drug-likeness (QED) is 0.940. The van der Waals surface area contributed by atoms with Crippen molar-refractivity contribution in [3.63, 3.8) is 0 Å². The van der Waals surface area contributed by atoms with Gasteiger partial charge in [0, 0.05) is 17.6 Å². The molecule has 1 aromatic carbocycles. The summed E-state index contributed by atoms with van der Waals surface area (Å²) in [7, 11) is 2.19. The van der Waals surface area contributed by atoms with Crippen LogP contribution in [-0.2, 0) is 5.54 Å². The van der Waals surface area contributed by atoms with E-state index >= 15 is 0 Å². The van der Waals surface area contributed by atoms with Crippen molar-refractivity contribution in [3.8, 4) is 0 Å². The van der Waals surface area contributed by atoms with Crippen LogP contribution in [0.25, 0.3) is 11.1 Å². The summed E-state index contributed by atoms with van der Waals surface area (Å²) in [6, 6.07) is 6.13. The molecule has 1 aliphatic heterocycles. The lowest BCUT2D eigenvalue weighted by Gasteiger charge is -2.27. The zero-order chi connectivity index (χ0) is 15.0. The lowest BCUT2D eigenvalue weighted by Crippen LogP contribution is -2.44. The topological polar surface area (TPSA) is 41.3 Å². The van der Waals surface area contributed by atoms with Gasteiger partial charge < -0.3 is 14.6 Å². The van der Waals surface area contributed by atoms with Crippen LogP contribution in [0, 0.1) is 0 Å². The predicted molar refractivity (Wildman–Crippen MR) is 85.7 cm³/mol. The van der Waals surface area contributed by atoms with E-state index in [0.29, 0.717) is 17.0 Å². The monoisotopic (exact) mass is 307 g/mol. The molecule has 2 aromatic rings. The summed E-state index contributed by atoms with van der Waals surface area (Å²) < 4.78 is 5.88. The van der Waals surface area contributed by atoms with Gasteiger partial charge in [-0.15, -0.1) is 0 Å². The molecule has 0 aliphatic carbocycles. The summed E-state index contributed by atoms with van der Waals surface area (Å²) in [6.07, 6.45) is 2.54. The van der Waals surface area contributed by atoms with Gasteiger partial charge in [-0.2, -0.15) is 0 Å². The fourth-order valence-corrected chi connectivity index (χ4v) is 3.02. The molecule has 5 heteroatoms. The molecule has 1 saturated heterocycles. The number of benzene rings is 1. The summed E-state index contributed by atoms with van der Waals surface area (Å²) in [5.41, 5.74) is 1.29. The first-order chi connectivity index (χ1) is 9.95. The zero-order valence-corrected chi connectivity index (χ0v) is 13.6. The van der Waals surface area contributed by atoms with E-state index in [1.54, 1.807) is 0 Å². The Kier molecular flexibility index (Phi) is 3.95. The Morgan fingerprint density at radius 1 is 1.48 bits per heavy atom. The lowest BCUT2D eigenvalue weighted by atomic mass is 10.0. The highest BCUT2D eigenvalue weighted by molar-refractivity contribution is 6.31. The average Bonchev–Trinajstić information content (AvgIpc) is 3.02. The number of aromatic nitrogens is 1. The SMILES string of the molecule is CN1CCC[C@@H]1CNC(C)(C)c1nc2cc(Cl)ccc2o1. The Bertz CT molecular complexity index is 637. The molecule has 21 heavy (non-hydrogen) atoms. The number of hydrogen-bond donors (Lipinski definition) is 1. The van der Waals surface area contributed by atoms with E-state index in [9.17, 15) is 0 Å². The van der Waals surface area contributed by atoms with E-state index < -0.39 is 0 Å². The van der Waals surface area contributed by atoms with Gasteiger partial charge in [-0.3, -0.25) is 0 Å². The highest BCUT2D eigenvalue weighted by atomic mass is 35.5. The van der Waals surface area contributed by atoms with Crippen LogP contribution in [0.5, 0.6) is 0 Å². The second-order valence-electron chi connectivity index (χ2n) is 6.41. The third kappa shape index (κ3) is 3.07. The van der Waals surface area contributed by atoms with Gasteiger partial charge in [0.25, 0.3) is 0 Å². The van der Waals surface area contributed by atoms with Gasteiger partial charge in [0.05, 0.1) is 5.54 Å². The standard InChI is InChI=1S/C16H22ClN3O/c1-16(2,18-10-12-5-4-8-20(12)3)15-19-13-9-11(17)6-7-14(13)21-15/h6-7,9,12,18H,4-5,8,10H2,1-3H3/t12-/m1/s1. The number of nitrogens with zero attached hydrogens (tertiary/aromatic N) is 2. The molecule has 0 saturated carbocycles. The zero-order valence-electron chi connectivity index (χ0n) is 12.8. The highest BCUT2D eigenvalue weighted by Crippen LogP contribution is 2.26. The predicted octanol–water partition coefficient (Wildman–Crippen LogP) is 3.40. The Labute approximate surface area is 130 Å². The van der Waals surface area contributed by atoms with Crippen molar-refractivity contribution in [1.29, 1.82) is 0 Å². The van der Waals surface area contributed by atoms with Crippen LogP contribution in [0.3, 0.4) is 0 Å². The second-order valence-corrected chi connectivity index (χ2v) is 6.85. The van der Waals surface area contributed by atoms with Crippen molar-refractivity contribution in [3.05, 3.63) is 29.1 Å². The molecule has 3 rings (SSSR count). The summed E-state index contributed by atoms with van der Waals surface area (Å²) in [5, 5.41) is 4.27. The molecule has 2 heterocycles. The molecule has 1 N–H and O–H groups in total. The van der Waals surface area contributed by atoms with Crippen molar-refractivity contribution in [2.24, 2.45) is 0 Å². The summed E-state index contributed by atoms with van der Waals surface area (Å²) in [4.78, 5) is 6.99. The first-order valence-electron chi connectivity index (χ1n) is 7.47.